The Morgan fingerprint density at radius 1 is 1.35 bits per heavy atom. The molecule has 4 nitrogen and oxygen atoms in total. The molecule has 0 bridgehead atoms. The smallest absolute Gasteiger partial charge is 0.258 e. The van der Waals surface area contributed by atoms with Crippen molar-refractivity contribution in [2.24, 2.45) is 0 Å². The van der Waals surface area contributed by atoms with Crippen LogP contribution in [0.4, 0.5) is 5.69 Å². The second-order valence-corrected chi connectivity index (χ2v) is 6.57. The lowest BCUT2D eigenvalue weighted by Crippen LogP contribution is -2.24. The number of para-hydroxylation sites is 1. The van der Waals surface area contributed by atoms with Crippen molar-refractivity contribution in [2.75, 3.05) is 12.3 Å². The van der Waals surface area contributed by atoms with Gasteiger partial charge in [0, 0.05) is 17.5 Å². The van der Waals surface area contributed by atoms with Gasteiger partial charge in [-0.2, -0.15) is 11.3 Å². The molecule has 1 aliphatic heterocycles. The zero-order chi connectivity index (χ0) is 16.0. The van der Waals surface area contributed by atoms with Gasteiger partial charge in [-0.3, -0.25) is 4.79 Å². The molecule has 0 radical (unpaired) electrons. The van der Waals surface area contributed by atoms with Gasteiger partial charge in [-0.15, -0.1) is 0 Å². The Hall–Kier alpha value is -2.40. The van der Waals surface area contributed by atoms with Crippen molar-refractivity contribution >= 4 is 33.8 Å². The summed E-state index contributed by atoms with van der Waals surface area (Å²) >= 11 is 1.66. The largest absolute Gasteiger partial charge is 0.397 e. The van der Waals surface area contributed by atoms with Gasteiger partial charge in [0.25, 0.3) is 5.91 Å². The van der Waals surface area contributed by atoms with Crippen molar-refractivity contribution in [3.05, 3.63) is 46.3 Å². The van der Waals surface area contributed by atoms with Gasteiger partial charge in [-0.25, -0.2) is 4.98 Å². The van der Waals surface area contributed by atoms with Gasteiger partial charge in [-0.1, -0.05) is 25.1 Å². The molecule has 4 rings (SSSR count). The molecular weight excluding hydrogens is 306 g/mol. The topological polar surface area (TPSA) is 59.2 Å². The molecule has 0 unspecified atom stereocenters. The first-order valence-electron chi connectivity index (χ1n) is 7.73. The van der Waals surface area contributed by atoms with Crippen LogP contribution in [0.2, 0.25) is 0 Å². The van der Waals surface area contributed by atoms with Crippen LogP contribution < -0.4 is 5.73 Å². The number of rotatable bonds is 3. The number of thiophene rings is 1. The zero-order valence-electron chi connectivity index (χ0n) is 12.9. The normalized spacial score (nSPS) is 13.8. The highest BCUT2D eigenvalue weighted by Crippen LogP contribution is 2.36. The monoisotopic (exact) mass is 323 g/mol. The minimum Gasteiger partial charge on any atom is -0.397 e. The zero-order valence-corrected chi connectivity index (χ0v) is 13.7. The Kier molecular flexibility index (Phi) is 3.31. The van der Waals surface area contributed by atoms with Gasteiger partial charge in [0.15, 0.2) is 0 Å². The van der Waals surface area contributed by atoms with Crippen LogP contribution in [0.3, 0.4) is 0 Å². The molecule has 0 saturated carbocycles. The first kappa shape index (κ1) is 14.2. The number of aromatic nitrogens is 1. The SMILES string of the molecule is CCCN1Cc2nc3c(-c4ccsc4)cccc3c(N)c2C1=O. The van der Waals surface area contributed by atoms with Gasteiger partial charge in [0.1, 0.15) is 0 Å². The van der Waals surface area contributed by atoms with Gasteiger partial charge < -0.3 is 10.6 Å². The number of nitrogens with zero attached hydrogens (tertiary/aromatic N) is 2. The molecule has 3 aromatic rings. The van der Waals surface area contributed by atoms with Crippen LogP contribution in [-0.2, 0) is 6.54 Å². The van der Waals surface area contributed by atoms with Crippen LogP contribution in [0, 0.1) is 0 Å². The average molecular weight is 323 g/mol. The Morgan fingerprint density at radius 3 is 2.96 bits per heavy atom. The van der Waals surface area contributed by atoms with Crippen molar-refractivity contribution in [1.82, 2.24) is 9.88 Å². The number of carbonyl (C=O) groups is 1. The fourth-order valence-corrected chi connectivity index (χ4v) is 3.88. The third-order valence-electron chi connectivity index (χ3n) is 4.30. The van der Waals surface area contributed by atoms with E-state index < -0.39 is 0 Å². The number of benzene rings is 1. The molecular formula is C18H17N3OS. The maximum absolute atomic E-state index is 12.6. The fraction of sp³-hybridized carbons (Fsp3) is 0.222. The number of nitrogens with two attached hydrogens (primary N) is 1. The summed E-state index contributed by atoms with van der Waals surface area (Å²) in [6.45, 7) is 3.36. The van der Waals surface area contributed by atoms with E-state index in [2.05, 4.69) is 29.8 Å². The highest BCUT2D eigenvalue weighted by molar-refractivity contribution is 7.08. The lowest BCUT2D eigenvalue weighted by Gasteiger charge is -2.13. The molecule has 1 aromatic carbocycles. The fourth-order valence-electron chi connectivity index (χ4n) is 3.23. The number of fused-ring (bicyclic) bond motifs is 2. The number of amides is 1. The first-order valence-corrected chi connectivity index (χ1v) is 8.68. The third kappa shape index (κ3) is 2.11. The molecule has 0 aliphatic carbocycles. The summed E-state index contributed by atoms with van der Waals surface area (Å²) in [6, 6.07) is 8.06. The van der Waals surface area contributed by atoms with E-state index in [0.717, 1.165) is 40.7 Å². The highest BCUT2D eigenvalue weighted by Gasteiger charge is 2.31. The Bertz CT molecular complexity index is 902. The molecule has 2 N–H and O–H groups in total. The second kappa shape index (κ2) is 5.35. The van der Waals surface area contributed by atoms with E-state index in [9.17, 15) is 4.79 Å². The molecule has 23 heavy (non-hydrogen) atoms. The Balaban J connectivity index is 1.96. The molecule has 0 saturated heterocycles. The van der Waals surface area contributed by atoms with Gasteiger partial charge >= 0.3 is 0 Å². The number of pyridine rings is 1. The van der Waals surface area contributed by atoms with Gasteiger partial charge in [0.2, 0.25) is 0 Å². The second-order valence-electron chi connectivity index (χ2n) is 5.79. The minimum atomic E-state index is 0.00897. The maximum Gasteiger partial charge on any atom is 0.258 e. The lowest BCUT2D eigenvalue weighted by atomic mass is 10.0. The molecule has 0 fully saturated rings. The summed E-state index contributed by atoms with van der Waals surface area (Å²) in [5, 5.41) is 5.02. The van der Waals surface area contributed by atoms with E-state index in [0.29, 0.717) is 17.8 Å². The predicted molar refractivity (Wildman–Crippen MR) is 94.5 cm³/mol. The van der Waals surface area contributed by atoms with E-state index in [4.69, 9.17) is 10.7 Å². The van der Waals surface area contributed by atoms with Gasteiger partial charge in [-0.05, 0) is 28.8 Å². The van der Waals surface area contributed by atoms with Crippen LogP contribution in [0.5, 0.6) is 0 Å². The Labute approximate surface area is 138 Å². The number of anilines is 1. The third-order valence-corrected chi connectivity index (χ3v) is 4.98. The quantitative estimate of drug-likeness (QED) is 0.795. The number of nitrogen functional groups attached to an aromatic ring is 1. The van der Waals surface area contributed by atoms with Crippen LogP contribution in [0.25, 0.3) is 22.0 Å². The van der Waals surface area contributed by atoms with E-state index in [1.165, 1.54) is 0 Å². The standard InChI is InChI=1S/C18H17N3OS/c1-2-7-21-9-14-15(18(21)22)16(19)13-5-3-4-12(17(13)20-14)11-6-8-23-10-11/h3-6,8,10H,2,7,9H2,1H3,(H2,19,20). The number of hydrogen-bond donors (Lipinski definition) is 1. The molecule has 1 amide bonds. The predicted octanol–water partition coefficient (Wildman–Crippen LogP) is 3.91. The van der Waals surface area contributed by atoms with Crippen molar-refractivity contribution < 1.29 is 4.79 Å². The average Bonchev–Trinajstić information content (AvgIpc) is 3.17. The maximum atomic E-state index is 12.6. The Morgan fingerprint density at radius 2 is 2.22 bits per heavy atom. The molecule has 0 spiro atoms. The summed E-state index contributed by atoms with van der Waals surface area (Å²) in [5.74, 6) is 0.00897. The summed E-state index contributed by atoms with van der Waals surface area (Å²) in [4.78, 5) is 19.2. The number of hydrogen-bond acceptors (Lipinski definition) is 4. The van der Waals surface area contributed by atoms with Crippen molar-refractivity contribution in [1.29, 1.82) is 0 Å². The van der Waals surface area contributed by atoms with Gasteiger partial charge in [0.05, 0.1) is 29.0 Å². The van der Waals surface area contributed by atoms with Crippen LogP contribution in [0.15, 0.2) is 35.0 Å². The van der Waals surface area contributed by atoms with Crippen molar-refractivity contribution in [3.63, 3.8) is 0 Å². The summed E-state index contributed by atoms with van der Waals surface area (Å²) in [6.07, 6.45) is 0.930. The molecule has 5 heteroatoms. The molecule has 0 atom stereocenters. The van der Waals surface area contributed by atoms with E-state index in [1.807, 2.05) is 17.0 Å². The first-order chi connectivity index (χ1) is 11.2. The summed E-state index contributed by atoms with van der Waals surface area (Å²) in [5.41, 5.74) is 11.4. The summed E-state index contributed by atoms with van der Waals surface area (Å²) < 4.78 is 0. The molecule has 116 valence electrons. The van der Waals surface area contributed by atoms with Crippen molar-refractivity contribution in [2.45, 2.75) is 19.9 Å². The van der Waals surface area contributed by atoms with Crippen LogP contribution in [0.1, 0.15) is 29.4 Å². The van der Waals surface area contributed by atoms with Crippen LogP contribution in [-0.4, -0.2) is 22.3 Å². The molecule has 3 heterocycles. The lowest BCUT2D eigenvalue weighted by molar-refractivity contribution is 0.0779. The minimum absolute atomic E-state index is 0.00897. The number of carbonyl (C=O) groups excluding carboxylic acids is 1. The highest BCUT2D eigenvalue weighted by atomic mass is 32.1. The molecule has 2 aromatic heterocycles. The summed E-state index contributed by atoms with van der Waals surface area (Å²) in [7, 11) is 0. The van der Waals surface area contributed by atoms with Crippen molar-refractivity contribution in [3.8, 4) is 11.1 Å². The van der Waals surface area contributed by atoms with Crippen LogP contribution >= 0.6 is 11.3 Å². The van der Waals surface area contributed by atoms with E-state index in [1.54, 1.807) is 11.3 Å². The van der Waals surface area contributed by atoms with E-state index in [-0.39, 0.29) is 5.91 Å². The van der Waals surface area contributed by atoms with E-state index >= 15 is 0 Å². The molecule has 1 aliphatic rings.